The second-order valence-corrected chi connectivity index (χ2v) is 9.98. The molecule has 2 rings (SSSR count). The Morgan fingerprint density at radius 3 is 2.19 bits per heavy atom. The molecule has 1 aromatic carbocycles. The number of rotatable bonds is 4. The molecule has 1 aliphatic rings. The van der Waals surface area contributed by atoms with Gasteiger partial charge in [-0.15, -0.1) is 0 Å². The Balaban J connectivity index is 1.80. The van der Waals surface area contributed by atoms with Crippen molar-refractivity contribution in [3.63, 3.8) is 0 Å². The highest BCUT2D eigenvalue weighted by Crippen LogP contribution is 2.23. The molecule has 0 atom stereocenters. The van der Waals surface area contributed by atoms with Gasteiger partial charge in [0.2, 0.25) is 5.91 Å². The van der Waals surface area contributed by atoms with Crippen LogP contribution in [0.2, 0.25) is 0 Å². The lowest BCUT2D eigenvalue weighted by Crippen LogP contribution is -2.42. The van der Waals surface area contributed by atoms with Crippen LogP contribution in [0.3, 0.4) is 0 Å². The van der Waals surface area contributed by atoms with Crippen LogP contribution in [-0.4, -0.2) is 50.3 Å². The van der Waals surface area contributed by atoms with Gasteiger partial charge in [0.1, 0.15) is 5.60 Å². The van der Waals surface area contributed by atoms with Crippen molar-refractivity contribution in [2.24, 2.45) is 5.92 Å². The second kappa shape index (κ2) is 8.29. The SMILES string of the molecule is CC(C)(C)OC(=O)N1CCC(CC(=O)Nc2ccc(S(C)(=O)=O)cc2)CC1. The Bertz CT molecular complexity index is 773. The van der Waals surface area contributed by atoms with Crippen LogP contribution in [0.5, 0.6) is 0 Å². The molecule has 1 fully saturated rings. The van der Waals surface area contributed by atoms with Gasteiger partial charge in [0, 0.05) is 31.5 Å². The minimum absolute atomic E-state index is 0.113. The van der Waals surface area contributed by atoms with Crippen LogP contribution in [0, 0.1) is 5.92 Å². The zero-order valence-electron chi connectivity index (χ0n) is 16.3. The van der Waals surface area contributed by atoms with Crippen LogP contribution in [0.4, 0.5) is 10.5 Å². The summed E-state index contributed by atoms with van der Waals surface area (Å²) in [5.41, 5.74) is 0.0547. The number of carbonyl (C=O) groups is 2. The van der Waals surface area contributed by atoms with Crippen molar-refractivity contribution in [2.75, 3.05) is 24.7 Å². The van der Waals surface area contributed by atoms with Crippen LogP contribution < -0.4 is 5.32 Å². The average molecular weight is 397 g/mol. The Morgan fingerprint density at radius 2 is 1.70 bits per heavy atom. The van der Waals surface area contributed by atoms with Gasteiger partial charge >= 0.3 is 6.09 Å². The van der Waals surface area contributed by atoms with E-state index in [-0.39, 0.29) is 22.8 Å². The molecule has 1 N–H and O–H groups in total. The minimum Gasteiger partial charge on any atom is -0.444 e. The molecule has 8 heteroatoms. The number of amides is 2. The summed E-state index contributed by atoms with van der Waals surface area (Å²) in [6, 6.07) is 6.12. The number of anilines is 1. The molecule has 150 valence electrons. The molecule has 0 saturated carbocycles. The Kier molecular flexibility index (Phi) is 6.51. The lowest BCUT2D eigenvalue weighted by atomic mass is 9.93. The van der Waals surface area contributed by atoms with E-state index in [0.717, 1.165) is 19.1 Å². The van der Waals surface area contributed by atoms with Gasteiger partial charge in [0.15, 0.2) is 9.84 Å². The normalized spacial score (nSPS) is 16.1. The van der Waals surface area contributed by atoms with Crippen molar-refractivity contribution in [3.8, 4) is 0 Å². The van der Waals surface area contributed by atoms with Gasteiger partial charge in [0.25, 0.3) is 0 Å². The first kappa shape index (κ1) is 21.2. The van der Waals surface area contributed by atoms with E-state index in [1.807, 2.05) is 20.8 Å². The number of sulfone groups is 1. The third kappa shape index (κ3) is 6.86. The molecule has 0 radical (unpaired) electrons. The summed E-state index contributed by atoms with van der Waals surface area (Å²) in [5.74, 6) is 0.0943. The summed E-state index contributed by atoms with van der Waals surface area (Å²) < 4.78 is 28.3. The molecule has 0 unspecified atom stereocenters. The Hall–Kier alpha value is -2.09. The van der Waals surface area contributed by atoms with Crippen LogP contribution in [0.1, 0.15) is 40.0 Å². The first-order valence-electron chi connectivity index (χ1n) is 9.02. The van der Waals surface area contributed by atoms with E-state index >= 15 is 0 Å². The first-order valence-corrected chi connectivity index (χ1v) is 10.9. The number of likely N-dealkylation sites (tertiary alicyclic amines) is 1. The second-order valence-electron chi connectivity index (χ2n) is 7.96. The lowest BCUT2D eigenvalue weighted by Gasteiger charge is -2.33. The fraction of sp³-hybridized carbons (Fsp3) is 0.579. The summed E-state index contributed by atoms with van der Waals surface area (Å²) in [5, 5.41) is 2.79. The molecule has 0 bridgehead atoms. The number of nitrogens with one attached hydrogen (secondary N) is 1. The van der Waals surface area contributed by atoms with E-state index in [9.17, 15) is 18.0 Å². The van der Waals surface area contributed by atoms with E-state index in [1.165, 1.54) is 12.1 Å². The molecule has 1 aliphatic heterocycles. The van der Waals surface area contributed by atoms with Gasteiger partial charge in [0.05, 0.1) is 4.90 Å². The highest BCUT2D eigenvalue weighted by molar-refractivity contribution is 7.90. The number of piperidine rings is 1. The van der Waals surface area contributed by atoms with E-state index in [0.29, 0.717) is 25.2 Å². The van der Waals surface area contributed by atoms with Crippen molar-refractivity contribution in [1.29, 1.82) is 0 Å². The number of nitrogens with zero attached hydrogens (tertiary/aromatic N) is 1. The Labute approximate surface area is 161 Å². The van der Waals surface area contributed by atoms with E-state index < -0.39 is 15.4 Å². The van der Waals surface area contributed by atoms with E-state index in [1.54, 1.807) is 17.0 Å². The highest BCUT2D eigenvalue weighted by atomic mass is 32.2. The van der Waals surface area contributed by atoms with Crippen LogP contribution >= 0.6 is 0 Å². The number of benzene rings is 1. The smallest absolute Gasteiger partial charge is 0.410 e. The van der Waals surface area contributed by atoms with Crippen LogP contribution in [0.25, 0.3) is 0 Å². The zero-order chi connectivity index (χ0) is 20.2. The predicted octanol–water partition coefficient (Wildman–Crippen LogP) is 3.07. The predicted molar refractivity (Wildman–Crippen MR) is 103 cm³/mol. The topological polar surface area (TPSA) is 92.8 Å². The molecule has 0 aliphatic carbocycles. The number of hydrogen-bond acceptors (Lipinski definition) is 5. The van der Waals surface area contributed by atoms with Gasteiger partial charge in [-0.05, 0) is 63.8 Å². The van der Waals surface area contributed by atoms with Crippen molar-refractivity contribution >= 4 is 27.5 Å². The van der Waals surface area contributed by atoms with Crippen LogP contribution in [-0.2, 0) is 19.4 Å². The molecule has 2 amide bonds. The largest absolute Gasteiger partial charge is 0.444 e. The van der Waals surface area contributed by atoms with E-state index in [4.69, 9.17) is 4.74 Å². The maximum Gasteiger partial charge on any atom is 0.410 e. The van der Waals surface area contributed by atoms with Gasteiger partial charge in [-0.25, -0.2) is 13.2 Å². The van der Waals surface area contributed by atoms with Gasteiger partial charge in [-0.3, -0.25) is 4.79 Å². The maximum atomic E-state index is 12.2. The molecule has 0 spiro atoms. The monoisotopic (exact) mass is 396 g/mol. The van der Waals surface area contributed by atoms with Crippen molar-refractivity contribution in [2.45, 2.75) is 50.5 Å². The molecular formula is C19H28N2O5S. The van der Waals surface area contributed by atoms with Gasteiger partial charge in [-0.1, -0.05) is 0 Å². The summed E-state index contributed by atoms with van der Waals surface area (Å²) in [6.45, 7) is 6.67. The standard InChI is InChI=1S/C19H28N2O5S/c1-19(2,3)26-18(23)21-11-9-14(10-12-21)13-17(22)20-15-5-7-16(8-6-15)27(4,24)25/h5-8,14H,9-13H2,1-4H3,(H,20,22). The highest BCUT2D eigenvalue weighted by Gasteiger charge is 2.27. The summed E-state index contributed by atoms with van der Waals surface area (Å²) in [6.07, 6.45) is 2.70. The lowest BCUT2D eigenvalue weighted by molar-refractivity contribution is -0.117. The maximum absolute atomic E-state index is 12.2. The summed E-state index contributed by atoms with van der Waals surface area (Å²) in [4.78, 5) is 26.2. The van der Waals surface area contributed by atoms with Crippen molar-refractivity contribution < 1.29 is 22.7 Å². The third-order valence-electron chi connectivity index (χ3n) is 4.31. The van der Waals surface area contributed by atoms with Crippen LogP contribution in [0.15, 0.2) is 29.2 Å². The summed E-state index contributed by atoms with van der Waals surface area (Å²) in [7, 11) is -3.25. The molecule has 27 heavy (non-hydrogen) atoms. The molecule has 1 saturated heterocycles. The molecule has 0 aromatic heterocycles. The van der Waals surface area contributed by atoms with E-state index in [2.05, 4.69) is 5.32 Å². The number of carbonyl (C=O) groups excluding carboxylic acids is 2. The number of ether oxygens (including phenoxy) is 1. The third-order valence-corrected chi connectivity index (χ3v) is 5.43. The van der Waals surface area contributed by atoms with Gasteiger partial charge < -0.3 is 15.0 Å². The zero-order valence-corrected chi connectivity index (χ0v) is 17.1. The average Bonchev–Trinajstić information content (AvgIpc) is 2.53. The number of hydrogen-bond donors (Lipinski definition) is 1. The molecule has 1 aromatic rings. The molecule has 7 nitrogen and oxygen atoms in total. The fourth-order valence-corrected chi connectivity index (χ4v) is 3.54. The quantitative estimate of drug-likeness (QED) is 0.844. The first-order chi connectivity index (χ1) is 12.4. The van der Waals surface area contributed by atoms with Crippen molar-refractivity contribution in [3.05, 3.63) is 24.3 Å². The summed E-state index contributed by atoms with van der Waals surface area (Å²) >= 11 is 0. The van der Waals surface area contributed by atoms with Gasteiger partial charge in [-0.2, -0.15) is 0 Å². The molecular weight excluding hydrogens is 368 g/mol. The molecule has 1 heterocycles. The minimum atomic E-state index is -3.25. The van der Waals surface area contributed by atoms with Crippen molar-refractivity contribution in [1.82, 2.24) is 4.90 Å². The Morgan fingerprint density at radius 1 is 1.15 bits per heavy atom. The fourth-order valence-electron chi connectivity index (χ4n) is 2.91.